The van der Waals surface area contributed by atoms with Gasteiger partial charge in [0.2, 0.25) is 0 Å². The highest BCUT2D eigenvalue weighted by molar-refractivity contribution is 7.91. The fourth-order valence-electron chi connectivity index (χ4n) is 3.37. The molecule has 1 aromatic carbocycles. The zero-order valence-electron chi connectivity index (χ0n) is 15.7. The molecule has 1 aliphatic rings. The number of nitrogens with zero attached hydrogens (tertiary/aromatic N) is 3. The number of fused-ring (bicyclic) bond motifs is 1. The highest BCUT2D eigenvalue weighted by Gasteiger charge is 2.31. The molecule has 0 atom stereocenters. The van der Waals surface area contributed by atoms with Crippen molar-refractivity contribution in [2.45, 2.75) is 4.21 Å². The van der Waals surface area contributed by atoms with Gasteiger partial charge in [-0.25, -0.2) is 13.4 Å². The molecule has 0 bridgehead atoms. The molecule has 5 rings (SSSR count). The molecule has 30 heavy (non-hydrogen) atoms. The van der Waals surface area contributed by atoms with E-state index in [0.717, 1.165) is 15.2 Å². The van der Waals surface area contributed by atoms with E-state index in [1.165, 1.54) is 27.0 Å². The molecule has 154 valence electrons. The van der Waals surface area contributed by atoms with Gasteiger partial charge in [-0.05, 0) is 35.7 Å². The number of para-hydroxylation sites is 1. The summed E-state index contributed by atoms with van der Waals surface area (Å²) in [7, 11) is -3.49. The Hall–Kier alpha value is -2.53. The molecular weight excluding hydrogens is 442 g/mol. The predicted octanol–water partition coefficient (Wildman–Crippen LogP) is 3.76. The number of hydrogen-bond acceptors (Lipinski definition) is 7. The van der Waals surface area contributed by atoms with Gasteiger partial charge in [0.25, 0.3) is 15.9 Å². The van der Waals surface area contributed by atoms with Crippen LogP contribution in [0, 0.1) is 0 Å². The van der Waals surface area contributed by atoms with Gasteiger partial charge in [-0.1, -0.05) is 18.2 Å². The van der Waals surface area contributed by atoms with Crippen LogP contribution in [0.3, 0.4) is 0 Å². The molecule has 1 saturated heterocycles. The second kappa shape index (κ2) is 7.62. The van der Waals surface area contributed by atoms with Crippen molar-refractivity contribution in [2.24, 2.45) is 0 Å². The molecule has 3 aromatic heterocycles. The fourth-order valence-corrected chi connectivity index (χ4v) is 6.86. The van der Waals surface area contributed by atoms with Crippen LogP contribution in [0.15, 0.2) is 62.5 Å². The zero-order valence-corrected chi connectivity index (χ0v) is 18.2. The molecule has 0 saturated carbocycles. The summed E-state index contributed by atoms with van der Waals surface area (Å²) < 4.78 is 33.9. The van der Waals surface area contributed by atoms with E-state index in [1.807, 2.05) is 24.3 Å². The first-order chi connectivity index (χ1) is 14.5. The number of piperazine rings is 1. The summed E-state index contributed by atoms with van der Waals surface area (Å²) in [5.74, 6) is 0.549. The Balaban J connectivity index is 1.28. The highest BCUT2D eigenvalue weighted by atomic mass is 32.2. The van der Waals surface area contributed by atoms with E-state index in [2.05, 4.69) is 4.98 Å². The van der Waals surface area contributed by atoms with E-state index in [-0.39, 0.29) is 24.8 Å². The number of thiophene rings is 1. The summed E-state index contributed by atoms with van der Waals surface area (Å²) in [6, 6.07) is 14.5. The molecule has 7 nitrogen and oxygen atoms in total. The van der Waals surface area contributed by atoms with Gasteiger partial charge in [0.1, 0.15) is 4.21 Å². The third-order valence-electron chi connectivity index (χ3n) is 4.94. The lowest BCUT2D eigenvalue weighted by Gasteiger charge is -2.33. The molecule has 0 radical (unpaired) electrons. The number of sulfonamides is 1. The second-order valence-electron chi connectivity index (χ2n) is 6.78. The molecule has 0 unspecified atom stereocenters. The van der Waals surface area contributed by atoms with E-state index in [1.54, 1.807) is 34.5 Å². The maximum Gasteiger partial charge on any atom is 0.289 e. The van der Waals surface area contributed by atoms with E-state index in [9.17, 15) is 13.2 Å². The standard InChI is InChI=1S/C20H17N3O4S3/c24-20(22-9-11-23(12-10-22)30(25,26)18-6-3-13-28-18)16-8-7-15(27-16)19-21-14-4-1-2-5-17(14)29-19/h1-8,13H,9-12H2. The quantitative estimate of drug-likeness (QED) is 0.464. The lowest BCUT2D eigenvalue weighted by Crippen LogP contribution is -2.50. The van der Waals surface area contributed by atoms with Gasteiger partial charge >= 0.3 is 0 Å². The van der Waals surface area contributed by atoms with Crippen LogP contribution in [0.4, 0.5) is 0 Å². The third kappa shape index (κ3) is 3.45. The van der Waals surface area contributed by atoms with Crippen LogP contribution in [-0.4, -0.2) is 54.7 Å². The molecule has 10 heteroatoms. The Morgan fingerprint density at radius 2 is 1.80 bits per heavy atom. The number of thiazole rings is 1. The first-order valence-corrected chi connectivity index (χ1v) is 12.4. The van der Waals surface area contributed by atoms with Gasteiger partial charge in [0, 0.05) is 26.2 Å². The monoisotopic (exact) mass is 459 g/mol. The molecular formula is C20H17N3O4S3. The van der Waals surface area contributed by atoms with Gasteiger partial charge in [0.05, 0.1) is 10.2 Å². The number of aromatic nitrogens is 1. The number of amides is 1. The van der Waals surface area contributed by atoms with Crippen LogP contribution >= 0.6 is 22.7 Å². The van der Waals surface area contributed by atoms with Crippen molar-refractivity contribution in [1.29, 1.82) is 0 Å². The molecule has 0 aliphatic carbocycles. The minimum absolute atomic E-state index is 0.235. The predicted molar refractivity (Wildman–Crippen MR) is 116 cm³/mol. The lowest BCUT2D eigenvalue weighted by molar-refractivity contribution is 0.0667. The Bertz CT molecular complexity index is 1270. The van der Waals surface area contributed by atoms with E-state index in [0.29, 0.717) is 23.1 Å². The van der Waals surface area contributed by atoms with Crippen molar-refractivity contribution >= 4 is 48.8 Å². The SMILES string of the molecule is O=C(c1ccc(-c2nc3ccccc3s2)o1)N1CCN(S(=O)(=O)c2cccs2)CC1. The first kappa shape index (κ1) is 19.4. The Morgan fingerprint density at radius 3 is 2.53 bits per heavy atom. The van der Waals surface area contributed by atoms with E-state index >= 15 is 0 Å². The summed E-state index contributed by atoms with van der Waals surface area (Å²) in [6.07, 6.45) is 0. The number of benzene rings is 1. The zero-order chi connectivity index (χ0) is 20.7. The highest BCUT2D eigenvalue weighted by Crippen LogP contribution is 2.31. The van der Waals surface area contributed by atoms with Crippen LogP contribution in [0.5, 0.6) is 0 Å². The van der Waals surface area contributed by atoms with Crippen LogP contribution in [0.1, 0.15) is 10.6 Å². The van der Waals surface area contributed by atoms with Crippen LogP contribution in [-0.2, 0) is 10.0 Å². The van der Waals surface area contributed by atoms with E-state index < -0.39 is 10.0 Å². The van der Waals surface area contributed by atoms with Gasteiger partial charge in [-0.2, -0.15) is 4.31 Å². The Morgan fingerprint density at radius 1 is 1.00 bits per heavy atom. The molecule has 0 N–H and O–H groups in total. The summed E-state index contributed by atoms with van der Waals surface area (Å²) in [6.45, 7) is 1.16. The third-order valence-corrected chi connectivity index (χ3v) is 9.26. The lowest BCUT2D eigenvalue weighted by atomic mass is 10.3. The number of carbonyl (C=O) groups excluding carboxylic acids is 1. The van der Waals surface area contributed by atoms with Crippen molar-refractivity contribution in [3.05, 3.63) is 59.7 Å². The number of furan rings is 1. The van der Waals surface area contributed by atoms with Gasteiger partial charge in [0.15, 0.2) is 16.5 Å². The van der Waals surface area contributed by atoms with Crippen molar-refractivity contribution in [1.82, 2.24) is 14.2 Å². The minimum atomic E-state index is -3.49. The summed E-state index contributed by atoms with van der Waals surface area (Å²) in [5.41, 5.74) is 0.893. The molecule has 1 aliphatic heterocycles. The number of carbonyl (C=O) groups is 1. The van der Waals surface area contributed by atoms with Crippen molar-refractivity contribution in [3.63, 3.8) is 0 Å². The summed E-state index contributed by atoms with van der Waals surface area (Å²) >= 11 is 2.71. The molecule has 4 aromatic rings. The van der Waals surface area contributed by atoms with Crippen LogP contribution in [0.25, 0.3) is 21.0 Å². The van der Waals surface area contributed by atoms with Crippen molar-refractivity contribution < 1.29 is 17.6 Å². The van der Waals surface area contributed by atoms with Gasteiger partial charge < -0.3 is 9.32 Å². The molecule has 1 fully saturated rings. The summed E-state index contributed by atoms with van der Waals surface area (Å²) in [5, 5.41) is 2.47. The summed E-state index contributed by atoms with van der Waals surface area (Å²) in [4.78, 5) is 19.0. The Labute approximate surface area is 181 Å². The minimum Gasteiger partial charge on any atom is -0.448 e. The fraction of sp³-hybridized carbons (Fsp3) is 0.200. The van der Waals surface area contributed by atoms with Gasteiger partial charge in [-0.3, -0.25) is 4.79 Å². The van der Waals surface area contributed by atoms with Crippen LogP contribution < -0.4 is 0 Å². The van der Waals surface area contributed by atoms with E-state index in [4.69, 9.17) is 4.42 Å². The Kier molecular flexibility index (Phi) is 4.94. The van der Waals surface area contributed by atoms with Crippen molar-refractivity contribution in [3.8, 4) is 10.8 Å². The normalized spacial score (nSPS) is 15.7. The van der Waals surface area contributed by atoms with Crippen molar-refractivity contribution in [2.75, 3.05) is 26.2 Å². The topological polar surface area (TPSA) is 83.7 Å². The molecule has 1 amide bonds. The smallest absolute Gasteiger partial charge is 0.289 e. The average molecular weight is 460 g/mol. The molecule has 4 heterocycles. The number of rotatable bonds is 4. The number of hydrogen-bond donors (Lipinski definition) is 0. The maximum atomic E-state index is 12.9. The van der Waals surface area contributed by atoms with Crippen LogP contribution in [0.2, 0.25) is 0 Å². The average Bonchev–Trinajstić information content (AvgIpc) is 3.53. The first-order valence-electron chi connectivity index (χ1n) is 9.31. The second-order valence-corrected chi connectivity index (χ2v) is 10.9. The largest absolute Gasteiger partial charge is 0.448 e. The van der Waals surface area contributed by atoms with Gasteiger partial charge in [-0.15, -0.1) is 22.7 Å². The molecule has 0 spiro atoms. The maximum absolute atomic E-state index is 12.9.